The second kappa shape index (κ2) is 9.59. The summed E-state index contributed by atoms with van der Waals surface area (Å²) in [7, 11) is 2.05. The van der Waals surface area contributed by atoms with E-state index in [4.69, 9.17) is 4.98 Å². The van der Waals surface area contributed by atoms with Crippen molar-refractivity contribution in [2.75, 3.05) is 16.3 Å². The quantitative estimate of drug-likeness (QED) is 0.424. The number of nitrogens with zero attached hydrogens (tertiary/aromatic N) is 4. The van der Waals surface area contributed by atoms with Gasteiger partial charge in [-0.2, -0.15) is 0 Å². The number of carbonyl (C=O) groups is 1. The second-order valence-corrected chi connectivity index (χ2v) is 8.66. The molecular formula is C28H32N4O2. The molecule has 6 nitrogen and oxygen atoms in total. The van der Waals surface area contributed by atoms with Gasteiger partial charge in [0.1, 0.15) is 11.6 Å². The maximum atomic E-state index is 12.6. The Morgan fingerprint density at radius 1 is 1.21 bits per heavy atom. The molecule has 0 amide bonds. The summed E-state index contributed by atoms with van der Waals surface area (Å²) >= 11 is 0. The van der Waals surface area contributed by atoms with Crippen LogP contribution in [0.1, 0.15) is 49.8 Å². The molecule has 0 saturated carbocycles. The number of para-hydroxylation sites is 2. The van der Waals surface area contributed by atoms with Gasteiger partial charge in [-0.05, 0) is 24.6 Å². The molecule has 34 heavy (non-hydrogen) atoms. The highest BCUT2D eigenvalue weighted by Gasteiger charge is 2.33. The average Bonchev–Trinajstić information content (AvgIpc) is 3.16. The summed E-state index contributed by atoms with van der Waals surface area (Å²) in [4.78, 5) is 21.6. The van der Waals surface area contributed by atoms with E-state index < -0.39 is 12.0 Å². The van der Waals surface area contributed by atoms with Gasteiger partial charge in [-0.3, -0.25) is 4.90 Å². The van der Waals surface area contributed by atoms with Gasteiger partial charge in [-0.25, -0.2) is 9.78 Å². The third-order valence-corrected chi connectivity index (χ3v) is 6.41. The first-order valence-electron chi connectivity index (χ1n) is 11.7. The number of aryl methyl sites for hydroxylation is 1. The number of benzene rings is 2. The van der Waals surface area contributed by atoms with Crippen LogP contribution in [0.15, 0.2) is 79.0 Å². The van der Waals surface area contributed by atoms with Crippen molar-refractivity contribution in [2.45, 2.75) is 39.2 Å². The second-order valence-electron chi connectivity index (χ2n) is 8.66. The maximum absolute atomic E-state index is 12.6. The Bertz CT molecular complexity index is 1230. The lowest BCUT2D eigenvalue weighted by molar-refractivity contribution is -0.138. The van der Waals surface area contributed by atoms with Crippen LogP contribution in [-0.2, 0) is 18.3 Å². The minimum atomic E-state index is -0.906. The lowest BCUT2D eigenvalue weighted by Gasteiger charge is -2.37. The number of carboxylic acid groups (broad SMARTS) is 1. The normalized spacial score (nSPS) is 15.9. The van der Waals surface area contributed by atoms with Crippen molar-refractivity contribution in [1.82, 2.24) is 9.55 Å². The van der Waals surface area contributed by atoms with Crippen molar-refractivity contribution < 1.29 is 9.90 Å². The third kappa shape index (κ3) is 4.00. The smallest absolute Gasteiger partial charge is 0.331 e. The first-order chi connectivity index (χ1) is 16.4. The van der Waals surface area contributed by atoms with Crippen LogP contribution in [0, 0.1) is 0 Å². The molecule has 2 atom stereocenters. The Labute approximate surface area is 201 Å². The number of rotatable bonds is 8. The topological polar surface area (TPSA) is 61.6 Å². The molecule has 2 aromatic carbocycles. The van der Waals surface area contributed by atoms with Gasteiger partial charge in [0, 0.05) is 31.6 Å². The molecule has 0 aliphatic carbocycles. The van der Waals surface area contributed by atoms with Crippen molar-refractivity contribution >= 4 is 23.2 Å². The summed E-state index contributed by atoms with van der Waals surface area (Å²) in [6, 6.07) is 16.5. The summed E-state index contributed by atoms with van der Waals surface area (Å²) in [5, 5.41) is 10.3. The number of hydrogen-bond donors (Lipinski definition) is 1. The lowest BCUT2D eigenvalue weighted by atomic mass is 10.00. The largest absolute Gasteiger partial charge is 0.479 e. The van der Waals surface area contributed by atoms with Crippen LogP contribution in [-0.4, -0.2) is 27.2 Å². The van der Waals surface area contributed by atoms with Gasteiger partial charge in [-0.15, -0.1) is 6.58 Å². The number of aromatic nitrogens is 2. The minimum absolute atomic E-state index is 0.199. The highest BCUT2D eigenvalue weighted by molar-refractivity contribution is 5.86. The van der Waals surface area contributed by atoms with Crippen molar-refractivity contribution in [3.05, 3.63) is 96.1 Å². The summed E-state index contributed by atoms with van der Waals surface area (Å²) in [6.45, 7) is 10.7. The fraction of sp³-hybridized carbons (Fsp3) is 0.286. The summed E-state index contributed by atoms with van der Waals surface area (Å²) in [5.41, 5.74) is 4.59. The van der Waals surface area contributed by atoms with E-state index in [1.165, 1.54) is 0 Å². The Balaban J connectivity index is 1.92. The number of imidazole rings is 1. The van der Waals surface area contributed by atoms with E-state index in [2.05, 4.69) is 49.9 Å². The predicted octanol–water partition coefficient (Wildman–Crippen LogP) is 5.96. The van der Waals surface area contributed by atoms with Gasteiger partial charge >= 0.3 is 5.97 Å². The zero-order chi connectivity index (χ0) is 24.4. The number of aliphatic carboxylic acids is 1. The molecule has 1 aromatic heterocycles. The molecule has 0 saturated heterocycles. The van der Waals surface area contributed by atoms with Gasteiger partial charge in [0.05, 0.1) is 17.1 Å². The Morgan fingerprint density at radius 3 is 2.53 bits per heavy atom. The van der Waals surface area contributed by atoms with Crippen LogP contribution >= 0.6 is 0 Å². The molecular weight excluding hydrogens is 424 g/mol. The van der Waals surface area contributed by atoms with E-state index in [1.54, 1.807) is 6.08 Å². The van der Waals surface area contributed by atoms with Crippen LogP contribution in [0.4, 0.5) is 17.2 Å². The van der Waals surface area contributed by atoms with Gasteiger partial charge < -0.3 is 14.6 Å². The minimum Gasteiger partial charge on any atom is -0.479 e. The number of hydrogen-bond acceptors (Lipinski definition) is 4. The van der Waals surface area contributed by atoms with E-state index in [0.717, 1.165) is 46.4 Å². The first-order valence-corrected chi connectivity index (χ1v) is 11.7. The zero-order valence-corrected chi connectivity index (χ0v) is 20.3. The predicted molar refractivity (Wildman–Crippen MR) is 138 cm³/mol. The molecule has 176 valence electrons. The number of allylic oxidation sites excluding steroid dienone is 2. The van der Waals surface area contributed by atoms with Gasteiger partial charge in [-0.1, -0.05) is 68.5 Å². The Morgan fingerprint density at radius 2 is 1.88 bits per heavy atom. The van der Waals surface area contributed by atoms with E-state index in [9.17, 15) is 9.90 Å². The Kier molecular flexibility index (Phi) is 6.59. The van der Waals surface area contributed by atoms with Gasteiger partial charge in [0.25, 0.3) is 0 Å². The number of carboxylic acids is 1. The molecule has 2 heterocycles. The van der Waals surface area contributed by atoms with E-state index in [0.29, 0.717) is 6.54 Å². The summed E-state index contributed by atoms with van der Waals surface area (Å²) in [5.74, 6) is 1.35. The standard InChI is InChI=1S/C28H32N4O2/c1-6-17-31(26(28(33)34)21-13-9-8-10-14-21)22-15-11-12-16-23(22)32-20(4)18-19(3)25-27(32)30(5)24(7-2)29-25/h6,8-16,18-19,26H,1,7,17H2,2-5H3,(H,33,34). The number of anilines is 3. The van der Waals surface area contributed by atoms with Crippen molar-refractivity contribution in [1.29, 1.82) is 0 Å². The van der Waals surface area contributed by atoms with Crippen LogP contribution < -0.4 is 9.80 Å². The van der Waals surface area contributed by atoms with Crippen molar-refractivity contribution in [3.8, 4) is 0 Å². The molecule has 6 heteroatoms. The van der Waals surface area contributed by atoms with Crippen LogP contribution in [0.5, 0.6) is 0 Å². The van der Waals surface area contributed by atoms with Crippen molar-refractivity contribution in [2.24, 2.45) is 7.05 Å². The van der Waals surface area contributed by atoms with E-state index in [1.807, 2.05) is 59.5 Å². The SMILES string of the molecule is C=CCN(c1ccccc1N1C(C)=CC(C)c2nc(CC)n(C)c21)C(C(=O)O)c1ccccc1. The van der Waals surface area contributed by atoms with Crippen LogP contribution in [0.25, 0.3) is 0 Å². The highest BCUT2D eigenvalue weighted by Crippen LogP contribution is 2.45. The molecule has 4 rings (SSSR count). The third-order valence-electron chi connectivity index (χ3n) is 6.41. The van der Waals surface area contributed by atoms with E-state index in [-0.39, 0.29) is 5.92 Å². The highest BCUT2D eigenvalue weighted by atomic mass is 16.4. The van der Waals surface area contributed by atoms with Gasteiger partial charge in [0.2, 0.25) is 0 Å². The molecule has 3 aromatic rings. The molecule has 0 spiro atoms. The lowest BCUT2D eigenvalue weighted by Crippen LogP contribution is -2.36. The molecule has 0 fully saturated rings. The van der Waals surface area contributed by atoms with Gasteiger partial charge in [0.15, 0.2) is 6.04 Å². The number of fused-ring (bicyclic) bond motifs is 1. The summed E-state index contributed by atoms with van der Waals surface area (Å²) < 4.78 is 2.16. The zero-order valence-electron chi connectivity index (χ0n) is 20.3. The van der Waals surface area contributed by atoms with Crippen LogP contribution in [0.3, 0.4) is 0 Å². The molecule has 0 radical (unpaired) electrons. The maximum Gasteiger partial charge on any atom is 0.331 e. The molecule has 0 bridgehead atoms. The first kappa shape index (κ1) is 23.4. The van der Waals surface area contributed by atoms with Crippen molar-refractivity contribution in [3.63, 3.8) is 0 Å². The summed E-state index contributed by atoms with van der Waals surface area (Å²) in [6.07, 6.45) is 4.80. The average molecular weight is 457 g/mol. The van der Waals surface area contributed by atoms with Crippen LogP contribution in [0.2, 0.25) is 0 Å². The molecule has 1 aliphatic heterocycles. The molecule has 1 N–H and O–H groups in total. The molecule has 2 unspecified atom stereocenters. The van der Waals surface area contributed by atoms with E-state index >= 15 is 0 Å². The monoisotopic (exact) mass is 456 g/mol. The Hall–Kier alpha value is -3.80. The fourth-order valence-electron chi connectivity index (χ4n) is 4.90. The fourth-order valence-corrected chi connectivity index (χ4v) is 4.90. The molecule has 1 aliphatic rings.